The first-order valence-electron chi connectivity index (χ1n) is 3.02. The Hall–Kier alpha value is -1.22. The number of rotatable bonds is 1. The van der Waals surface area contributed by atoms with Crippen LogP contribution in [0, 0.1) is 0 Å². The highest BCUT2D eigenvalue weighted by molar-refractivity contribution is 5.26. The Morgan fingerprint density at radius 2 is 2.40 bits per heavy atom. The molecule has 0 unspecified atom stereocenters. The standard InChI is InChI=1S/C7H10N2O/c1-9-5-3-2-4-7(9)6-8-10/h2-6,8,10H,1H3. The van der Waals surface area contributed by atoms with Gasteiger partial charge in [-0.25, -0.2) is 0 Å². The minimum absolute atomic E-state index is 0.921. The summed E-state index contributed by atoms with van der Waals surface area (Å²) in [4.78, 5) is 1.89. The zero-order valence-electron chi connectivity index (χ0n) is 5.78. The van der Waals surface area contributed by atoms with E-state index in [2.05, 4.69) is 0 Å². The Bertz CT molecular complexity index is 194. The Morgan fingerprint density at radius 1 is 1.60 bits per heavy atom. The van der Waals surface area contributed by atoms with Gasteiger partial charge in [0.1, 0.15) is 0 Å². The van der Waals surface area contributed by atoms with Crippen molar-refractivity contribution in [3.8, 4) is 0 Å². The van der Waals surface area contributed by atoms with Crippen molar-refractivity contribution in [1.82, 2.24) is 10.4 Å². The average molecular weight is 138 g/mol. The predicted octanol–water partition coefficient (Wildman–Crippen LogP) is 0.822. The van der Waals surface area contributed by atoms with E-state index in [0.717, 1.165) is 5.70 Å². The van der Waals surface area contributed by atoms with Crippen molar-refractivity contribution in [3.05, 3.63) is 36.3 Å². The molecule has 3 nitrogen and oxygen atoms in total. The van der Waals surface area contributed by atoms with Crippen LogP contribution in [0.3, 0.4) is 0 Å². The minimum Gasteiger partial charge on any atom is -0.350 e. The zero-order chi connectivity index (χ0) is 7.40. The Kier molecular flexibility index (Phi) is 2.12. The summed E-state index contributed by atoms with van der Waals surface area (Å²) in [5.74, 6) is 0. The molecular formula is C7H10N2O. The molecule has 54 valence electrons. The number of allylic oxidation sites excluding steroid dienone is 3. The smallest absolute Gasteiger partial charge is 0.0587 e. The first-order chi connectivity index (χ1) is 4.84. The maximum atomic E-state index is 8.33. The third-order valence-corrected chi connectivity index (χ3v) is 1.31. The number of nitrogens with one attached hydrogen (secondary N) is 1. The average Bonchev–Trinajstić information content (AvgIpc) is 1.94. The van der Waals surface area contributed by atoms with E-state index in [1.165, 1.54) is 6.20 Å². The highest BCUT2D eigenvalue weighted by Crippen LogP contribution is 2.07. The molecule has 0 saturated carbocycles. The van der Waals surface area contributed by atoms with Crippen LogP contribution in [0.2, 0.25) is 0 Å². The van der Waals surface area contributed by atoms with E-state index in [1.807, 2.05) is 41.9 Å². The first kappa shape index (κ1) is 6.89. The van der Waals surface area contributed by atoms with E-state index in [4.69, 9.17) is 5.21 Å². The fourth-order valence-electron chi connectivity index (χ4n) is 0.753. The molecule has 0 radical (unpaired) electrons. The van der Waals surface area contributed by atoms with Gasteiger partial charge >= 0.3 is 0 Å². The van der Waals surface area contributed by atoms with Crippen LogP contribution in [0.5, 0.6) is 0 Å². The van der Waals surface area contributed by atoms with E-state index in [1.54, 1.807) is 0 Å². The summed E-state index contributed by atoms with van der Waals surface area (Å²) in [6.07, 6.45) is 9.14. The van der Waals surface area contributed by atoms with Gasteiger partial charge in [0, 0.05) is 19.4 Å². The van der Waals surface area contributed by atoms with Gasteiger partial charge in [-0.3, -0.25) is 10.7 Å². The minimum atomic E-state index is 0.921. The van der Waals surface area contributed by atoms with Crippen molar-refractivity contribution in [3.63, 3.8) is 0 Å². The third kappa shape index (κ3) is 1.39. The van der Waals surface area contributed by atoms with Crippen molar-refractivity contribution in [1.29, 1.82) is 0 Å². The van der Waals surface area contributed by atoms with Crippen LogP contribution in [0.4, 0.5) is 0 Å². The van der Waals surface area contributed by atoms with Gasteiger partial charge in [-0.1, -0.05) is 6.08 Å². The molecule has 0 fully saturated rings. The second-order valence-electron chi connectivity index (χ2n) is 2.01. The number of nitrogens with zero attached hydrogens (tertiary/aromatic N) is 1. The van der Waals surface area contributed by atoms with Crippen LogP contribution in [0.25, 0.3) is 0 Å². The molecule has 3 heteroatoms. The molecule has 0 aliphatic carbocycles. The van der Waals surface area contributed by atoms with Crippen LogP contribution in [-0.4, -0.2) is 17.2 Å². The van der Waals surface area contributed by atoms with Gasteiger partial charge in [0.25, 0.3) is 0 Å². The molecule has 1 heterocycles. The summed E-state index contributed by atoms with van der Waals surface area (Å²) in [5.41, 5.74) is 2.90. The molecule has 0 saturated heterocycles. The van der Waals surface area contributed by atoms with Crippen LogP contribution in [-0.2, 0) is 0 Å². The summed E-state index contributed by atoms with van der Waals surface area (Å²) in [6.45, 7) is 0. The van der Waals surface area contributed by atoms with E-state index in [-0.39, 0.29) is 0 Å². The number of likely N-dealkylation sites (N-methyl/N-ethyl adjacent to an activating group) is 1. The van der Waals surface area contributed by atoms with Gasteiger partial charge in [0.2, 0.25) is 0 Å². The second kappa shape index (κ2) is 3.08. The van der Waals surface area contributed by atoms with E-state index < -0.39 is 0 Å². The van der Waals surface area contributed by atoms with Crippen LogP contribution >= 0.6 is 0 Å². The number of hydrogen-bond acceptors (Lipinski definition) is 3. The molecule has 0 aromatic carbocycles. The fourth-order valence-corrected chi connectivity index (χ4v) is 0.753. The lowest BCUT2D eigenvalue weighted by molar-refractivity contribution is 0.211. The van der Waals surface area contributed by atoms with Crippen molar-refractivity contribution < 1.29 is 5.21 Å². The lowest BCUT2D eigenvalue weighted by atomic mass is 10.3. The van der Waals surface area contributed by atoms with Crippen molar-refractivity contribution in [2.75, 3.05) is 7.05 Å². The first-order valence-corrected chi connectivity index (χ1v) is 3.02. The maximum absolute atomic E-state index is 8.33. The van der Waals surface area contributed by atoms with Gasteiger partial charge in [-0.2, -0.15) is 0 Å². The van der Waals surface area contributed by atoms with Crippen LogP contribution < -0.4 is 5.48 Å². The molecule has 0 bridgehead atoms. The van der Waals surface area contributed by atoms with Crippen molar-refractivity contribution in [2.45, 2.75) is 0 Å². The van der Waals surface area contributed by atoms with E-state index in [9.17, 15) is 0 Å². The Morgan fingerprint density at radius 3 is 3.00 bits per heavy atom. The predicted molar refractivity (Wildman–Crippen MR) is 39.0 cm³/mol. The van der Waals surface area contributed by atoms with E-state index >= 15 is 0 Å². The highest BCUT2D eigenvalue weighted by atomic mass is 16.5. The van der Waals surface area contributed by atoms with Gasteiger partial charge in [0.15, 0.2) is 0 Å². The van der Waals surface area contributed by atoms with Gasteiger partial charge in [-0.05, 0) is 12.2 Å². The Labute approximate surface area is 59.9 Å². The van der Waals surface area contributed by atoms with Gasteiger partial charge in [-0.15, -0.1) is 0 Å². The molecule has 10 heavy (non-hydrogen) atoms. The molecular weight excluding hydrogens is 128 g/mol. The molecule has 1 rings (SSSR count). The van der Waals surface area contributed by atoms with E-state index in [0.29, 0.717) is 0 Å². The Balaban J connectivity index is 2.70. The highest BCUT2D eigenvalue weighted by Gasteiger charge is 1.97. The monoisotopic (exact) mass is 138 g/mol. The summed E-state index contributed by atoms with van der Waals surface area (Å²) in [5, 5.41) is 8.33. The number of hydrogen-bond donors (Lipinski definition) is 2. The molecule has 0 aromatic heterocycles. The van der Waals surface area contributed by atoms with Gasteiger partial charge < -0.3 is 4.90 Å². The van der Waals surface area contributed by atoms with Crippen LogP contribution in [0.1, 0.15) is 0 Å². The molecule has 1 aliphatic heterocycles. The molecule has 0 amide bonds. The lowest BCUT2D eigenvalue weighted by Gasteiger charge is -2.16. The fraction of sp³-hybridized carbons (Fsp3) is 0.143. The molecule has 0 spiro atoms. The summed E-state index contributed by atoms with van der Waals surface area (Å²) < 4.78 is 0. The quantitative estimate of drug-likeness (QED) is 0.526. The topological polar surface area (TPSA) is 35.5 Å². The van der Waals surface area contributed by atoms with Crippen LogP contribution in [0.15, 0.2) is 36.3 Å². The SMILES string of the molecule is CN1C=CC=CC1=CNO. The molecule has 0 atom stereocenters. The number of hydroxylamine groups is 1. The van der Waals surface area contributed by atoms with Crippen molar-refractivity contribution >= 4 is 0 Å². The lowest BCUT2D eigenvalue weighted by Crippen LogP contribution is -2.13. The van der Waals surface area contributed by atoms with Gasteiger partial charge in [0.05, 0.1) is 5.70 Å². The second-order valence-corrected chi connectivity index (χ2v) is 2.01. The van der Waals surface area contributed by atoms with Crippen molar-refractivity contribution in [2.24, 2.45) is 0 Å². The summed E-state index contributed by atoms with van der Waals surface area (Å²) in [6, 6.07) is 0. The molecule has 1 aliphatic rings. The largest absolute Gasteiger partial charge is 0.350 e. The summed E-state index contributed by atoms with van der Waals surface area (Å²) in [7, 11) is 1.91. The normalized spacial score (nSPS) is 20.2. The summed E-state index contributed by atoms with van der Waals surface area (Å²) >= 11 is 0. The molecule has 0 aromatic rings. The maximum Gasteiger partial charge on any atom is 0.0587 e. The third-order valence-electron chi connectivity index (χ3n) is 1.31. The molecule has 2 N–H and O–H groups in total. The zero-order valence-corrected chi connectivity index (χ0v) is 5.78.